The summed E-state index contributed by atoms with van der Waals surface area (Å²) in [5, 5.41) is 0. The summed E-state index contributed by atoms with van der Waals surface area (Å²) in [6, 6.07) is 9.77. The highest BCUT2D eigenvalue weighted by Gasteiger charge is 2.39. The van der Waals surface area contributed by atoms with E-state index in [-0.39, 0.29) is 17.7 Å². The number of likely N-dealkylation sites (tertiary alicyclic amines) is 1. The number of amides is 2. The number of benzene rings is 1. The Morgan fingerprint density at radius 1 is 1.00 bits per heavy atom. The largest absolute Gasteiger partial charge is 0.445 e. The first-order valence-corrected chi connectivity index (χ1v) is 11.7. The molecule has 2 aliphatic rings. The summed E-state index contributed by atoms with van der Waals surface area (Å²) in [4.78, 5) is 31.1. The molecule has 0 N–H and O–H groups in total. The van der Waals surface area contributed by atoms with Gasteiger partial charge in [-0.1, -0.05) is 30.3 Å². The molecule has 1 aromatic rings. The van der Waals surface area contributed by atoms with Crippen molar-refractivity contribution in [1.29, 1.82) is 0 Å². The maximum Gasteiger partial charge on any atom is 0.410 e. The Kier molecular flexibility index (Phi) is 7.70. The van der Waals surface area contributed by atoms with Gasteiger partial charge < -0.3 is 19.3 Å². The van der Waals surface area contributed by atoms with Crippen LogP contribution in [0, 0.1) is 5.92 Å². The van der Waals surface area contributed by atoms with E-state index in [0.717, 1.165) is 51.1 Å². The van der Waals surface area contributed by atoms with Gasteiger partial charge in [-0.15, -0.1) is 0 Å². The molecule has 2 aliphatic heterocycles. The topological polar surface area (TPSA) is 62.3 Å². The van der Waals surface area contributed by atoms with Crippen LogP contribution in [0.25, 0.3) is 0 Å². The Hall–Kier alpha value is -2.28. The van der Waals surface area contributed by atoms with E-state index in [2.05, 4.69) is 18.7 Å². The highest BCUT2D eigenvalue weighted by atomic mass is 16.6. The lowest BCUT2D eigenvalue weighted by Gasteiger charge is -2.48. The Morgan fingerprint density at radius 2 is 1.66 bits per heavy atom. The zero-order valence-electron chi connectivity index (χ0n) is 20.3. The van der Waals surface area contributed by atoms with Gasteiger partial charge in [0.05, 0.1) is 5.54 Å². The number of ether oxygens (including phenoxy) is 2. The molecule has 2 amide bonds. The summed E-state index contributed by atoms with van der Waals surface area (Å²) in [6.45, 7) is 15.0. The number of piperazine rings is 1. The van der Waals surface area contributed by atoms with Gasteiger partial charge in [-0.05, 0) is 58.9 Å². The number of rotatable bonds is 4. The third kappa shape index (κ3) is 6.86. The molecule has 178 valence electrons. The Bertz CT molecular complexity index is 767. The van der Waals surface area contributed by atoms with Gasteiger partial charge in [0, 0.05) is 39.3 Å². The highest BCUT2D eigenvalue weighted by Crippen LogP contribution is 2.26. The smallest absolute Gasteiger partial charge is 0.410 e. The molecular weight excluding hydrogens is 406 g/mol. The van der Waals surface area contributed by atoms with E-state index in [4.69, 9.17) is 9.47 Å². The number of piperidine rings is 1. The lowest BCUT2D eigenvalue weighted by Crippen LogP contribution is -2.62. The van der Waals surface area contributed by atoms with Crippen molar-refractivity contribution >= 4 is 12.2 Å². The molecule has 2 fully saturated rings. The van der Waals surface area contributed by atoms with E-state index in [1.807, 2.05) is 60.9 Å². The van der Waals surface area contributed by atoms with E-state index in [1.54, 1.807) is 0 Å². The SMILES string of the molecule is CC(C)(C)OC(=O)N1CCN(CC2CCN(C(=O)OCc3ccccc3)CC2)CC1(C)C. The minimum Gasteiger partial charge on any atom is -0.445 e. The first-order chi connectivity index (χ1) is 15.0. The van der Waals surface area contributed by atoms with Crippen LogP contribution in [-0.2, 0) is 16.1 Å². The zero-order chi connectivity index (χ0) is 23.4. The first-order valence-electron chi connectivity index (χ1n) is 11.7. The van der Waals surface area contributed by atoms with Gasteiger partial charge in [-0.25, -0.2) is 9.59 Å². The number of carbonyl (C=O) groups is 2. The monoisotopic (exact) mass is 445 g/mol. The second-order valence-electron chi connectivity index (χ2n) is 10.7. The standard InChI is InChI=1S/C25H39N3O4/c1-24(2,3)32-23(30)28-16-15-26(19-25(28,4)5)17-20-11-13-27(14-12-20)22(29)31-18-21-9-7-6-8-10-21/h6-10,20H,11-19H2,1-5H3. The van der Waals surface area contributed by atoms with E-state index < -0.39 is 5.60 Å². The lowest BCUT2D eigenvalue weighted by atomic mass is 9.93. The molecule has 7 heteroatoms. The normalized spacial score (nSPS) is 20.2. The molecule has 0 bridgehead atoms. The predicted octanol–water partition coefficient (Wildman–Crippen LogP) is 4.37. The number of hydrogen-bond donors (Lipinski definition) is 0. The van der Waals surface area contributed by atoms with Crippen LogP contribution < -0.4 is 0 Å². The fraction of sp³-hybridized carbons (Fsp3) is 0.680. The Labute approximate surface area is 192 Å². The Morgan fingerprint density at radius 3 is 2.25 bits per heavy atom. The molecule has 0 spiro atoms. The van der Waals surface area contributed by atoms with Gasteiger partial charge in [0.15, 0.2) is 0 Å². The summed E-state index contributed by atoms with van der Waals surface area (Å²) in [6.07, 6.45) is 1.50. The average molecular weight is 446 g/mol. The van der Waals surface area contributed by atoms with Crippen molar-refractivity contribution in [3.63, 3.8) is 0 Å². The first kappa shape index (κ1) is 24.4. The summed E-state index contributed by atoms with van der Waals surface area (Å²) >= 11 is 0. The third-order valence-electron chi connectivity index (χ3n) is 6.19. The van der Waals surface area contributed by atoms with Gasteiger partial charge in [0.2, 0.25) is 0 Å². The second kappa shape index (κ2) is 10.1. The van der Waals surface area contributed by atoms with E-state index >= 15 is 0 Å². The molecular formula is C25H39N3O4. The Balaban J connectivity index is 1.41. The van der Waals surface area contributed by atoms with Crippen LogP contribution in [0.2, 0.25) is 0 Å². The van der Waals surface area contributed by atoms with Crippen LogP contribution >= 0.6 is 0 Å². The van der Waals surface area contributed by atoms with Crippen LogP contribution in [0.3, 0.4) is 0 Å². The van der Waals surface area contributed by atoms with Crippen molar-refractivity contribution in [3.8, 4) is 0 Å². The van der Waals surface area contributed by atoms with Crippen molar-refractivity contribution in [1.82, 2.24) is 14.7 Å². The number of carbonyl (C=O) groups excluding carboxylic acids is 2. The van der Waals surface area contributed by atoms with Crippen molar-refractivity contribution in [2.75, 3.05) is 39.3 Å². The summed E-state index contributed by atoms with van der Waals surface area (Å²) < 4.78 is 11.1. The minimum absolute atomic E-state index is 0.223. The van der Waals surface area contributed by atoms with Crippen LogP contribution in [0.4, 0.5) is 9.59 Å². The second-order valence-corrected chi connectivity index (χ2v) is 10.7. The lowest BCUT2D eigenvalue weighted by molar-refractivity contribution is -0.0266. The number of nitrogens with zero attached hydrogens (tertiary/aromatic N) is 3. The van der Waals surface area contributed by atoms with Gasteiger partial charge in [-0.3, -0.25) is 4.90 Å². The van der Waals surface area contributed by atoms with Gasteiger partial charge in [-0.2, -0.15) is 0 Å². The predicted molar refractivity (Wildman–Crippen MR) is 124 cm³/mol. The minimum atomic E-state index is -0.486. The summed E-state index contributed by atoms with van der Waals surface area (Å²) in [5.74, 6) is 0.553. The van der Waals surface area contributed by atoms with E-state index in [0.29, 0.717) is 19.1 Å². The molecule has 0 saturated carbocycles. The maximum atomic E-state index is 12.6. The summed E-state index contributed by atoms with van der Waals surface area (Å²) in [7, 11) is 0. The van der Waals surface area contributed by atoms with Crippen LogP contribution in [0.1, 0.15) is 53.0 Å². The van der Waals surface area contributed by atoms with Crippen LogP contribution in [-0.4, -0.2) is 77.3 Å². The molecule has 0 unspecified atom stereocenters. The molecule has 0 aromatic heterocycles. The fourth-order valence-corrected chi connectivity index (χ4v) is 4.54. The maximum absolute atomic E-state index is 12.6. The van der Waals surface area contributed by atoms with Gasteiger partial charge >= 0.3 is 12.2 Å². The quantitative estimate of drug-likeness (QED) is 0.689. The molecule has 2 saturated heterocycles. The molecule has 7 nitrogen and oxygen atoms in total. The molecule has 0 radical (unpaired) electrons. The van der Waals surface area contributed by atoms with E-state index in [9.17, 15) is 9.59 Å². The molecule has 3 rings (SSSR count). The van der Waals surface area contributed by atoms with Crippen molar-refractivity contribution in [3.05, 3.63) is 35.9 Å². The van der Waals surface area contributed by atoms with Crippen molar-refractivity contribution < 1.29 is 19.1 Å². The molecule has 32 heavy (non-hydrogen) atoms. The van der Waals surface area contributed by atoms with Crippen LogP contribution in [0.15, 0.2) is 30.3 Å². The van der Waals surface area contributed by atoms with Crippen molar-refractivity contribution in [2.24, 2.45) is 5.92 Å². The molecule has 0 aliphatic carbocycles. The van der Waals surface area contributed by atoms with E-state index in [1.165, 1.54) is 0 Å². The van der Waals surface area contributed by atoms with Crippen molar-refractivity contribution in [2.45, 2.75) is 65.2 Å². The summed E-state index contributed by atoms with van der Waals surface area (Å²) in [5.41, 5.74) is 0.243. The fourth-order valence-electron chi connectivity index (χ4n) is 4.54. The van der Waals surface area contributed by atoms with Crippen LogP contribution in [0.5, 0.6) is 0 Å². The average Bonchev–Trinajstić information content (AvgIpc) is 2.71. The zero-order valence-corrected chi connectivity index (χ0v) is 20.3. The molecule has 2 heterocycles. The van der Waals surface area contributed by atoms with Gasteiger partial charge in [0.25, 0.3) is 0 Å². The van der Waals surface area contributed by atoms with Gasteiger partial charge in [0.1, 0.15) is 12.2 Å². The molecule has 0 atom stereocenters. The third-order valence-corrected chi connectivity index (χ3v) is 6.19. The highest BCUT2D eigenvalue weighted by molar-refractivity contribution is 5.69. The molecule has 1 aromatic carbocycles. The number of hydrogen-bond acceptors (Lipinski definition) is 5.